The predicted octanol–water partition coefficient (Wildman–Crippen LogP) is 0.187. The standard InChI is InChI=1S/C20H20O10/c1-26-15(21)11-12(16(22)27-2)14(17(23)28-3)20(18(24)29-4,19(25)30-5)13(11)10-8-6-7-9-10/h6-10H,1-5H3. The molecule has 0 amide bonds. The second-order valence-electron chi connectivity index (χ2n) is 6.04. The summed E-state index contributed by atoms with van der Waals surface area (Å²) in [5.41, 5.74) is -4.72. The van der Waals surface area contributed by atoms with Gasteiger partial charge in [0.05, 0.1) is 52.3 Å². The summed E-state index contributed by atoms with van der Waals surface area (Å²) < 4.78 is 23.9. The van der Waals surface area contributed by atoms with E-state index in [1.165, 1.54) is 0 Å². The molecule has 2 aliphatic carbocycles. The van der Waals surface area contributed by atoms with Crippen molar-refractivity contribution in [2.45, 2.75) is 0 Å². The molecule has 0 saturated carbocycles. The Kier molecular flexibility index (Phi) is 6.60. The second-order valence-corrected chi connectivity index (χ2v) is 6.04. The highest BCUT2D eigenvalue weighted by Crippen LogP contribution is 2.54. The molecule has 0 N–H and O–H groups in total. The summed E-state index contributed by atoms with van der Waals surface area (Å²) in [6, 6.07) is 0. The van der Waals surface area contributed by atoms with Gasteiger partial charge < -0.3 is 23.7 Å². The maximum absolute atomic E-state index is 13.1. The van der Waals surface area contributed by atoms with Gasteiger partial charge in [0.2, 0.25) is 5.41 Å². The molecule has 0 atom stereocenters. The maximum atomic E-state index is 13.1. The minimum Gasteiger partial charge on any atom is -0.468 e. The van der Waals surface area contributed by atoms with E-state index in [4.69, 9.17) is 23.7 Å². The smallest absolute Gasteiger partial charge is 0.339 e. The average molecular weight is 420 g/mol. The Balaban J connectivity index is 3.17. The van der Waals surface area contributed by atoms with Crippen molar-refractivity contribution in [1.29, 1.82) is 0 Å². The lowest BCUT2D eigenvalue weighted by Crippen LogP contribution is -2.47. The van der Waals surface area contributed by atoms with E-state index >= 15 is 0 Å². The minimum absolute atomic E-state index is 0.237. The number of carbonyl (C=O) groups excluding carboxylic acids is 5. The van der Waals surface area contributed by atoms with E-state index in [-0.39, 0.29) is 5.57 Å². The maximum Gasteiger partial charge on any atom is 0.339 e. The van der Waals surface area contributed by atoms with Crippen molar-refractivity contribution in [2.24, 2.45) is 11.3 Å². The van der Waals surface area contributed by atoms with E-state index in [1.54, 1.807) is 24.3 Å². The van der Waals surface area contributed by atoms with Crippen LogP contribution in [0.15, 0.2) is 46.6 Å². The summed E-state index contributed by atoms with van der Waals surface area (Å²) in [4.78, 5) is 64.4. The normalized spacial score (nSPS) is 17.1. The zero-order valence-electron chi connectivity index (χ0n) is 17.0. The summed E-state index contributed by atoms with van der Waals surface area (Å²) in [5.74, 6) is -6.81. The molecule has 0 radical (unpaired) electrons. The Labute approximate surface area is 171 Å². The Hall–Kier alpha value is -3.69. The van der Waals surface area contributed by atoms with Gasteiger partial charge in [-0.05, 0) is 5.57 Å². The van der Waals surface area contributed by atoms with Gasteiger partial charge in [-0.1, -0.05) is 24.3 Å². The molecule has 0 aliphatic heterocycles. The monoisotopic (exact) mass is 420 g/mol. The minimum atomic E-state index is -2.60. The summed E-state index contributed by atoms with van der Waals surface area (Å²) in [6.45, 7) is 0. The molecule has 0 fully saturated rings. The van der Waals surface area contributed by atoms with Crippen molar-refractivity contribution in [2.75, 3.05) is 35.5 Å². The predicted molar refractivity (Wildman–Crippen MR) is 98.3 cm³/mol. The number of hydrogen-bond donors (Lipinski definition) is 0. The van der Waals surface area contributed by atoms with Crippen molar-refractivity contribution in [3.63, 3.8) is 0 Å². The van der Waals surface area contributed by atoms with Gasteiger partial charge >= 0.3 is 29.8 Å². The van der Waals surface area contributed by atoms with Crippen LogP contribution in [0.3, 0.4) is 0 Å². The van der Waals surface area contributed by atoms with Gasteiger partial charge in [-0.25, -0.2) is 14.4 Å². The van der Waals surface area contributed by atoms with Gasteiger partial charge in [0.1, 0.15) is 0 Å². The Morgan fingerprint density at radius 2 is 1.10 bits per heavy atom. The Morgan fingerprint density at radius 1 is 0.667 bits per heavy atom. The van der Waals surface area contributed by atoms with E-state index in [9.17, 15) is 24.0 Å². The highest BCUT2D eigenvalue weighted by atomic mass is 16.6. The fourth-order valence-electron chi connectivity index (χ4n) is 3.60. The number of rotatable bonds is 6. The first-order chi connectivity index (χ1) is 14.3. The van der Waals surface area contributed by atoms with E-state index in [1.807, 2.05) is 0 Å². The van der Waals surface area contributed by atoms with Gasteiger partial charge in [-0.15, -0.1) is 0 Å². The van der Waals surface area contributed by atoms with Gasteiger partial charge in [0.25, 0.3) is 0 Å². The molecule has 2 aliphatic rings. The first-order valence-corrected chi connectivity index (χ1v) is 8.54. The number of esters is 5. The Bertz CT molecular complexity index is 903. The molecule has 30 heavy (non-hydrogen) atoms. The molecule has 10 heteroatoms. The lowest BCUT2D eigenvalue weighted by Gasteiger charge is -2.30. The zero-order valence-corrected chi connectivity index (χ0v) is 17.0. The summed E-state index contributed by atoms with van der Waals surface area (Å²) in [5, 5.41) is 0. The molecule has 160 valence electrons. The van der Waals surface area contributed by atoms with Crippen LogP contribution >= 0.6 is 0 Å². The third kappa shape index (κ3) is 3.10. The summed E-state index contributed by atoms with van der Waals surface area (Å²) >= 11 is 0. The molecule has 0 saturated heterocycles. The molecule has 0 unspecified atom stereocenters. The molecule has 10 nitrogen and oxygen atoms in total. The number of allylic oxidation sites excluding steroid dienone is 4. The summed E-state index contributed by atoms with van der Waals surface area (Å²) in [7, 11) is 4.98. The van der Waals surface area contributed by atoms with Crippen LogP contribution in [0.25, 0.3) is 0 Å². The molecular formula is C20H20O10. The number of carbonyl (C=O) groups is 5. The zero-order chi connectivity index (χ0) is 22.6. The highest BCUT2D eigenvalue weighted by molar-refractivity contribution is 6.25. The topological polar surface area (TPSA) is 132 Å². The van der Waals surface area contributed by atoms with E-state index in [0.29, 0.717) is 0 Å². The van der Waals surface area contributed by atoms with Crippen LogP contribution in [-0.2, 0) is 47.7 Å². The van der Waals surface area contributed by atoms with Crippen LogP contribution in [0.4, 0.5) is 0 Å². The molecule has 0 aromatic heterocycles. The number of methoxy groups -OCH3 is 5. The van der Waals surface area contributed by atoms with Gasteiger partial charge in [0.15, 0.2) is 0 Å². The van der Waals surface area contributed by atoms with Crippen LogP contribution in [-0.4, -0.2) is 65.4 Å². The molecule has 0 bridgehead atoms. The fourth-order valence-corrected chi connectivity index (χ4v) is 3.60. The average Bonchev–Trinajstić information content (AvgIpc) is 3.40. The van der Waals surface area contributed by atoms with Crippen molar-refractivity contribution in [3.05, 3.63) is 46.6 Å². The van der Waals surface area contributed by atoms with E-state index in [0.717, 1.165) is 35.5 Å². The first-order valence-electron chi connectivity index (χ1n) is 8.54. The lowest BCUT2D eigenvalue weighted by atomic mass is 9.71. The highest BCUT2D eigenvalue weighted by Gasteiger charge is 2.66. The van der Waals surface area contributed by atoms with Crippen LogP contribution in [0.2, 0.25) is 0 Å². The Morgan fingerprint density at radius 3 is 1.50 bits per heavy atom. The molecule has 0 spiro atoms. The van der Waals surface area contributed by atoms with Gasteiger partial charge in [-0.2, -0.15) is 0 Å². The van der Waals surface area contributed by atoms with Crippen LogP contribution in [0, 0.1) is 11.3 Å². The molecular weight excluding hydrogens is 400 g/mol. The third-order valence-corrected chi connectivity index (χ3v) is 4.78. The van der Waals surface area contributed by atoms with Crippen molar-refractivity contribution < 1.29 is 47.7 Å². The van der Waals surface area contributed by atoms with Gasteiger partial charge in [-0.3, -0.25) is 9.59 Å². The first kappa shape index (κ1) is 22.6. The van der Waals surface area contributed by atoms with Gasteiger partial charge in [0, 0.05) is 5.92 Å². The summed E-state index contributed by atoms with van der Waals surface area (Å²) in [6.07, 6.45) is 6.29. The van der Waals surface area contributed by atoms with E-state index < -0.39 is 57.9 Å². The SMILES string of the molecule is COC(=O)C1=C(C(=O)OC)C(C(=O)OC)(C(=O)OC)C(C2C=CC=C2)=C1C(=O)OC. The lowest BCUT2D eigenvalue weighted by molar-refractivity contribution is -0.165. The molecule has 2 rings (SSSR count). The van der Waals surface area contributed by atoms with Crippen molar-refractivity contribution in [1.82, 2.24) is 0 Å². The molecule has 0 aromatic rings. The molecule has 0 aromatic carbocycles. The van der Waals surface area contributed by atoms with Crippen LogP contribution in [0.5, 0.6) is 0 Å². The van der Waals surface area contributed by atoms with Crippen molar-refractivity contribution >= 4 is 29.8 Å². The second kappa shape index (κ2) is 8.76. The largest absolute Gasteiger partial charge is 0.468 e. The van der Waals surface area contributed by atoms with Crippen molar-refractivity contribution in [3.8, 4) is 0 Å². The van der Waals surface area contributed by atoms with Crippen LogP contribution < -0.4 is 0 Å². The fraction of sp³-hybridized carbons (Fsp3) is 0.350. The third-order valence-electron chi connectivity index (χ3n) is 4.78. The van der Waals surface area contributed by atoms with Crippen LogP contribution in [0.1, 0.15) is 0 Å². The van der Waals surface area contributed by atoms with E-state index in [2.05, 4.69) is 0 Å². The number of hydrogen-bond acceptors (Lipinski definition) is 10. The number of ether oxygens (including phenoxy) is 5. The quantitative estimate of drug-likeness (QED) is 0.333. The molecule has 0 heterocycles.